The van der Waals surface area contributed by atoms with E-state index < -0.39 is 0 Å². The number of rotatable bonds is 10. The standard InChI is InChI=1S/C28H47N2/c1-10-11-17-29-24(5)25(6)30(18-15-13-12-14-16-28(7,8)9)27(29)26-22(3)19-21(2)20-23(26)4/h19-20H,10-18H2,1-9H3/q+1. The van der Waals surface area contributed by atoms with Gasteiger partial charge in [0.15, 0.2) is 0 Å². The topological polar surface area (TPSA) is 8.81 Å². The van der Waals surface area contributed by atoms with Crippen molar-refractivity contribution in [2.75, 3.05) is 0 Å². The summed E-state index contributed by atoms with van der Waals surface area (Å²) in [5, 5.41) is 0. The largest absolute Gasteiger partial charge is 0.289 e. The van der Waals surface area contributed by atoms with Crippen LogP contribution in [0.1, 0.15) is 101 Å². The van der Waals surface area contributed by atoms with E-state index in [-0.39, 0.29) is 0 Å². The van der Waals surface area contributed by atoms with Crippen molar-refractivity contribution in [1.29, 1.82) is 0 Å². The summed E-state index contributed by atoms with van der Waals surface area (Å²) in [6, 6.07) is 4.70. The van der Waals surface area contributed by atoms with E-state index in [0.29, 0.717) is 5.41 Å². The minimum atomic E-state index is 0.465. The van der Waals surface area contributed by atoms with Crippen LogP contribution in [0.25, 0.3) is 11.4 Å². The fourth-order valence-electron chi connectivity index (χ4n) is 4.80. The van der Waals surface area contributed by atoms with Gasteiger partial charge in [-0.15, -0.1) is 0 Å². The summed E-state index contributed by atoms with van der Waals surface area (Å²) < 4.78 is 5.22. The summed E-state index contributed by atoms with van der Waals surface area (Å²) in [6.07, 6.45) is 9.10. The minimum absolute atomic E-state index is 0.465. The van der Waals surface area contributed by atoms with E-state index in [0.717, 1.165) is 13.1 Å². The van der Waals surface area contributed by atoms with E-state index in [1.165, 1.54) is 84.4 Å². The second-order valence-corrected chi connectivity index (χ2v) is 10.6. The van der Waals surface area contributed by atoms with Gasteiger partial charge in [-0.2, -0.15) is 0 Å². The molecule has 0 N–H and O–H groups in total. The van der Waals surface area contributed by atoms with E-state index in [1.807, 2.05) is 0 Å². The molecule has 0 saturated heterocycles. The molecule has 0 aliphatic rings. The van der Waals surface area contributed by atoms with E-state index in [9.17, 15) is 0 Å². The molecular formula is C28H47N2+. The summed E-state index contributed by atoms with van der Waals surface area (Å²) in [7, 11) is 0. The molecule has 0 atom stereocenters. The molecule has 0 radical (unpaired) electrons. The third-order valence-corrected chi connectivity index (χ3v) is 6.54. The van der Waals surface area contributed by atoms with Crippen molar-refractivity contribution in [2.24, 2.45) is 5.41 Å². The molecular weight excluding hydrogens is 364 g/mol. The summed E-state index contributed by atoms with van der Waals surface area (Å²) in [5.74, 6) is 1.43. The van der Waals surface area contributed by atoms with Gasteiger partial charge in [0, 0.05) is 13.8 Å². The fourth-order valence-corrected chi connectivity index (χ4v) is 4.80. The number of unbranched alkanes of at least 4 members (excludes halogenated alkanes) is 4. The highest BCUT2D eigenvalue weighted by Crippen LogP contribution is 2.29. The molecule has 0 fully saturated rings. The van der Waals surface area contributed by atoms with Crippen molar-refractivity contribution in [2.45, 2.75) is 120 Å². The molecule has 0 bridgehead atoms. The second-order valence-electron chi connectivity index (χ2n) is 10.6. The highest BCUT2D eigenvalue weighted by Gasteiger charge is 2.28. The molecule has 1 aromatic heterocycles. The summed E-state index contributed by atoms with van der Waals surface area (Å²) in [4.78, 5) is 0. The third kappa shape index (κ3) is 6.22. The molecule has 2 heteroatoms. The van der Waals surface area contributed by atoms with E-state index >= 15 is 0 Å². The van der Waals surface area contributed by atoms with Gasteiger partial charge in [-0.05, 0) is 63.0 Å². The van der Waals surface area contributed by atoms with Crippen molar-refractivity contribution in [3.8, 4) is 11.4 Å². The molecule has 0 spiro atoms. The molecule has 168 valence electrons. The van der Waals surface area contributed by atoms with Crippen LogP contribution in [-0.2, 0) is 13.1 Å². The normalized spacial score (nSPS) is 12.0. The third-order valence-electron chi connectivity index (χ3n) is 6.54. The van der Waals surface area contributed by atoms with Crippen LogP contribution < -0.4 is 4.57 Å². The molecule has 0 saturated carbocycles. The quantitative estimate of drug-likeness (QED) is 0.279. The van der Waals surface area contributed by atoms with Gasteiger partial charge in [0.1, 0.15) is 11.4 Å². The fraction of sp³-hybridized carbons (Fsp3) is 0.679. The lowest BCUT2D eigenvalue weighted by molar-refractivity contribution is -0.691. The average Bonchev–Trinajstić information content (AvgIpc) is 2.85. The lowest BCUT2D eigenvalue weighted by Crippen LogP contribution is -2.38. The summed E-state index contributed by atoms with van der Waals surface area (Å²) in [5.41, 5.74) is 8.95. The number of aryl methyl sites for hydroxylation is 3. The zero-order valence-electron chi connectivity index (χ0n) is 21.4. The highest BCUT2D eigenvalue weighted by atomic mass is 15.2. The Morgan fingerprint density at radius 3 is 2.00 bits per heavy atom. The van der Waals surface area contributed by atoms with Crippen LogP contribution in [-0.4, -0.2) is 4.57 Å². The second kappa shape index (κ2) is 10.6. The zero-order valence-corrected chi connectivity index (χ0v) is 21.4. The van der Waals surface area contributed by atoms with Gasteiger partial charge in [-0.3, -0.25) is 0 Å². The van der Waals surface area contributed by atoms with Crippen molar-refractivity contribution in [1.82, 2.24) is 4.57 Å². The van der Waals surface area contributed by atoms with Crippen LogP contribution in [0.5, 0.6) is 0 Å². The van der Waals surface area contributed by atoms with Crippen molar-refractivity contribution in [3.05, 3.63) is 40.2 Å². The van der Waals surface area contributed by atoms with Gasteiger partial charge in [0.25, 0.3) is 5.82 Å². The number of hydrogen-bond acceptors (Lipinski definition) is 0. The molecule has 30 heavy (non-hydrogen) atoms. The lowest BCUT2D eigenvalue weighted by Gasteiger charge is -2.17. The number of nitrogens with zero attached hydrogens (tertiary/aromatic N) is 2. The predicted octanol–water partition coefficient (Wildman–Crippen LogP) is 7.78. The zero-order chi connectivity index (χ0) is 22.5. The number of imidazole rings is 1. The summed E-state index contributed by atoms with van der Waals surface area (Å²) >= 11 is 0. The Kier molecular flexibility index (Phi) is 8.76. The van der Waals surface area contributed by atoms with Gasteiger partial charge in [0.05, 0.1) is 18.7 Å². The van der Waals surface area contributed by atoms with E-state index in [2.05, 4.69) is 83.6 Å². The Hall–Kier alpha value is -1.57. The first-order valence-electron chi connectivity index (χ1n) is 12.2. The van der Waals surface area contributed by atoms with Gasteiger partial charge < -0.3 is 0 Å². The van der Waals surface area contributed by atoms with Gasteiger partial charge in [0.2, 0.25) is 0 Å². The maximum Gasteiger partial charge on any atom is 0.289 e. The molecule has 0 aliphatic heterocycles. The van der Waals surface area contributed by atoms with Gasteiger partial charge in [-0.25, -0.2) is 9.13 Å². The van der Waals surface area contributed by atoms with Crippen molar-refractivity contribution in [3.63, 3.8) is 0 Å². The van der Waals surface area contributed by atoms with Crippen LogP contribution in [0, 0.1) is 40.0 Å². The first-order chi connectivity index (χ1) is 14.1. The predicted molar refractivity (Wildman–Crippen MR) is 131 cm³/mol. The Bertz CT molecular complexity index is 810. The Morgan fingerprint density at radius 1 is 0.833 bits per heavy atom. The lowest BCUT2D eigenvalue weighted by atomic mass is 9.89. The smallest absolute Gasteiger partial charge is 0.227 e. The molecule has 0 aliphatic carbocycles. The Labute approximate surface area is 186 Å². The average molecular weight is 412 g/mol. The maximum absolute atomic E-state index is 2.62. The van der Waals surface area contributed by atoms with E-state index in [1.54, 1.807) is 0 Å². The molecule has 1 aromatic carbocycles. The Balaban J connectivity index is 2.32. The maximum atomic E-state index is 2.62. The molecule has 2 nitrogen and oxygen atoms in total. The number of hydrogen-bond donors (Lipinski definition) is 0. The van der Waals surface area contributed by atoms with Crippen LogP contribution in [0.4, 0.5) is 0 Å². The molecule has 1 heterocycles. The van der Waals surface area contributed by atoms with Gasteiger partial charge in [-0.1, -0.05) is 64.7 Å². The van der Waals surface area contributed by atoms with E-state index in [4.69, 9.17) is 0 Å². The number of aromatic nitrogens is 2. The molecule has 0 unspecified atom stereocenters. The minimum Gasteiger partial charge on any atom is -0.227 e. The molecule has 0 amide bonds. The first-order valence-corrected chi connectivity index (χ1v) is 12.2. The van der Waals surface area contributed by atoms with Crippen LogP contribution in [0.3, 0.4) is 0 Å². The van der Waals surface area contributed by atoms with Gasteiger partial charge >= 0.3 is 0 Å². The first kappa shape index (κ1) is 24.7. The van der Waals surface area contributed by atoms with Crippen molar-refractivity contribution < 1.29 is 4.57 Å². The van der Waals surface area contributed by atoms with Crippen molar-refractivity contribution >= 4 is 0 Å². The monoisotopic (exact) mass is 411 g/mol. The SMILES string of the molecule is CCCCn1c(C)c(C)[n+](CCCCCCC(C)(C)C)c1-c1c(C)cc(C)cc1C. The van der Waals surface area contributed by atoms with Crippen LogP contribution in [0.2, 0.25) is 0 Å². The number of benzene rings is 1. The molecule has 2 rings (SSSR count). The van der Waals surface area contributed by atoms with Crippen LogP contribution >= 0.6 is 0 Å². The summed E-state index contributed by atoms with van der Waals surface area (Å²) in [6.45, 7) is 23.0. The Morgan fingerprint density at radius 2 is 1.43 bits per heavy atom. The molecule has 2 aromatic rings. The highest BCUT2D eigenvalue weighted by molar-refractivity contribution is 5.64. The van der Waals surface area contributed by atoms with Crippen LogP contribution in [0.15, 0.2) is 12.1 Å².